The fourth-order valence-corrected chi connectivity index (χ4v) is 3.99. The smallest absolute Gasteiger partial charge is 0.125 e. The van der Waals surface area contributed by atoms with E-state index >= 15 is 0 Å². The molecule has 4 aromatic rings. The lowest BCUT2D eigenvalue weighted by molar-refractivity contribution is 0.304. The van der Waals surface area contributed by atoms with Crippen LogP contribution in [0.4, 0.5) is 5.69 Å². The second-order valence-electron chi connectivity index (χ2n) is 6.77. The van der Waals surface area contributed by atoms with E-state index in [0.29, 0.717) is 33.2 Å². The summed E-state index contributed by atoms with van der Waals surface area (Å²) in [6.45, 7) is 0.900. The van der Waals surface area contributed by atoms with Crippen LogP contribution >= 0.6 is 46.4 Å². The van der Waals surface area contributed by atoms with Gasteiger partial charge in [-0.05, 0) is 47.2 Å². The minimum absolute atomic E-state index is 0.341. The van der Waals surface area contributed by atoms with Crippen LogP contribution in [0.25, 0.3) is 10.8 Å². The van der Waals surface area contributed by atoms with Gasteiger partial charge in [0, 0.05) is 33.4 Å². The Morgan fingerprint density at radius 3 is 2.37 bits per heavy atom. The summed E-state index contributed by atoms with van der Waals surface area (Å²) in [5.74, 6) is 0.785. The van der Waals surface area contributed by atoms with Crippen molar-refractivity contribution in [1.82, 2.24) is 0 Å². The number of fused-ring (bicyclic) bond motifs is 1. The van der Waals surface area contributed by atoms with Gasteiger partial charge in [-0.25, -0.2) is 0 Å². The molecule has 6 heteroatoms. The predicted molar refractivity (Wildman–Crippen MR) is 129 cm³/mol. The number of nitrogens with one attached hydrogen (secondary N) is 1. The Hall–Kier alpha value is -2.10. The zero-order valence-electron chi connectivity index (χ0n) is 15.8. The summed E-state index contributed by atoms with van der Waals surface area (Å²) in [6.07, 6.45) is 0. The highest BCUT2D eigenvalue weighted by atomic mass is 35.5. The first-order valence-corrected chi connectivity index (χ1v) is 10.8. The van der Waals surface area contributed by atoms with Crippen LogP contribution in [-0.4, -0.2) is 0 Å². The first kappa shape index (κ1) is 21.1. The largest absolute Gasteiger partial charge is 0.488 e. The van der Waals surface area contributed by atoms with Crippen LogP contribution in [0.5, 0.6) is 5.75 Å². The van der Waals surface area contributed by atoms with Gasteiger partial charge in [-0.1, -0.05) is 82.8 Å². The van der Waals surface area contributed by atoms with Gasteiger partial charge in [0.1, 0.15) is 12.4 Å². The Kier molecular flexibility index (Phi) is 6.60. The highest BCUT2D eigenvalue weighted by Crippen LogP contribution is 2.31. The first-order valence-electron chi connectivity index (χ1n) is 9.27. The predicted octanol–water partition coefficient (Wildman–Crippen LogP) is 8.64. The number of benzene rings is 4. The quantitative estimate of drug-likeness (QED) is 0.300. The van der Waals surface area contributed by atoms with Gasteiger partial charge < -0.3 is 10.1 Å². The molecule has 0 bridgehead atoms. The molecule has 0 radical (unpaired) electrons. The molecule has 4 aromatic carbocycles. The molecule has 0 aromatic heterocycles. The molecule has 0 unspecified atom stereocenters. The van der Waals surface area contributed by atoms with Gasteiger partial charge in [0.05, 0.1) is 10.0 Å². The second-order valence-corrected chi connectivity index (χ2v) is 8.43. The number of rotatable bonds is 6. The van der Waals surface area contributed by atoms with Gasteiger partial charge in [-0.3, -0.25) is 0 Å². The van der Waals surface area contributed by atoms with Gasteiger partial charge in [0.15, 0.2) is 0 Å². The summed E-state index contributed by atoms with van der Waals surface area (Å²) in [7, 11) is 0. The lowest BCUT2D eigenvalue weighted by Crippen LogP contribution is -2.05. The molecular weight excluding hydrogens is 460 g/mol. The number of hydrogen-bond donors (Lipinski definition) is 1. The molecule has 30 heavy (non-hydrogen) atoms. The molecule has 0 atom stereocenters. The molecule has 0 aliphatic carbocycles. The van der Waals surface area contributed by atoms with E-state index in [1.165, 1.54) is 0 Å². The van der Waals surface area contributed by atoms with Crippen molar-refractivity contribution < 1.29 is 4.74 Å². The first-order chi connectivity index (χ1) is 14.5. The van der Waals surface area contributed by atoms with Crippen LogP contribution in [0.2, 0.25) is 20.1 Å². The van der Waals surface area contributed by atoms with Gasteiger partial charge in [-0.2, -0.15) is 0 Å². The Balaban J connectivity index is 1.62. The number of hydrogen-bond acceptors (Lipinski definition) is 2. The third kappa shape index (κ3) is 4.79. The molecule has 4 rings (SSSR count). The van der Waals surface area contributed by atoms with Crippen molar-refractivity contribution in [3.63, 3.8) is 0 Å². The fourth-order valence-electron chi connectivity index (χ4n) is 3.22. The second kappa shape index (κ2) is 9.36. The summed E-state index contributed by atoms with van der Waals surface area (Å²) >= 11 is 24.5. The van der Waals surface area contributed by atoms with E-state index in [0.717, 1.165) is 33.3 Å². The maximum absolute atomic E-state index is 6.30. The SMILES string of the molecule is Clc1ccc(COc2ccc3ccccc3c2CNc2ccc(Cl)c(Cl)c2)c(Cl)c1. The summed E-state index contributed by atoms with van der Waals surface area (Å²) in [5, 5.41) is 7.88. The molecule has 0 aliphatic rings. The third-order valence-electron chi connectivity index (χ3n) is 4.78. The van der Waals surface area contributed by atoms with E-state index in [1.54, 1.807) is 18.2 Å². The van der Waals surface area contributed by atoms with Crippen LogP contribution in [0.1, 0.15) is 11.1 Å². The molecule has 2 nitrogen and oxygen atoms in total. The molecule has 0 fully saturated rings. The van der Waals surface area contributed by atoms with Crippen LogP contribution < -0.4 is 10.1 Å². The van der Waals surface area contributed by atoms with E-state index in [1.807, 2.05) is 36.4 Å². The summed E-state index contributed by atoms with van der Waals surface area (Å²) < 4.78 is 6.17. The van der Waals surface area contributed by atoms with Gasteiger partial charge in [0.2, 0.25) is 0 Å². The molecule has 152 valence electrons. The Labute approximate surface area is 195 Å². The van der Waals surface area contributed by atoms with Crippen molar-refractivity contribution >= 4 is 62.9 Å². The van der Waals surface area contributed by atoms with Gasteiger partial charge >= 0.3 is 0 Å². The van der Waals surface area contributed by atoms with Crippen LogP contribution in [-0.2, 0) is 13.2 Å². The normalized spacial score (nSPS) is 10.9. The van der Waals surface area contributed by atoms with Crippen molar-refractivity contribution in [3.8, 4) is 5.75 Å². The number of halogens is 4. The topological polar surface area (TPSA) is 21.3 Å². The van der Waals surface area contributed by atoms with Crippen molar-refractivity contribution in [2.45, 2.75) is 13.2 Å². The molecule has 0 amide bonds. The minimum atomic E-state index is 0.341. The van der Waals surface area contributed by atoms with E-state index in [-0.39, 0.29) is 0 Å². The Bertz CT molecular complexity index is 1210. The van der Waals surface area contributed by atoms with E-state index in [9.17, 15) is 0 Å². The molecular formula is C24H17Cl4NO. The zero-order valence-corrected chi connectivity index (χ0v) is 18.8. The van der Waals surface area contributed by atoms with Crippen molar-refractivity contribution in [1.29, 1.82) is 0 Å². The van der Waals surface area contributed by atoms with E-state index in [2.05, 4.69) is 23.5 Å². The summed E-state index contributed by atoms with van der Waals surface area (Å²) in [4.78, 5) is 0. The molecule has 1 N–H and O–H groups in total. The standard InChI is InChI=1S/C24H17Cl4NO/c25-17-7-5-16(22(27)11-17)14-30-24-10-6-15-3-1-2-4-19(15)20(24)13-29-18-8-9-21(26)23(28)12-18/h1-12,29H,13-14H2. The number of anilines is 1. The van der Waals surface area contributed by atoms with Crippen molar-refractivity contribution in [2.24, 2.45) is 0 Å². The summed E-state index contributed by atoms with van der Waals surface area (Å²) in [5.41, 5.74) is 2.80. The highest BCUT2D eigenvalue weighted by Gasteiger charge is 2.11. The highest BCUT2D eigenvalue weighted by molar-refractivity contribution is 6.42. The van der Waals surface area contributed by atoms with E-state index in [4.69, 9.17) is 51.1 Å². The van der Waals surface area contributed by atoms with Gasteiger partial charge in [0.25, 0.3) is 0 Å². The average Bonchev–Trinajstić information content (AvgIpc) is 2.74. The van der Waals surface area contributed by atoms with E-state index < -0.39 is 0 Å². The van der Waals surface area contributed by atoms with Crippen LogP contribution in [0, 0.1) is 0 Å². The van der Waals surface area contributed by atoms with Crippen LogP contribution in [0.3, 0.4) is 0 Å². The maximum Gasteiger partial charge on any atom is 0.125 e. The lowest BCUT2D eigenvalue weighted by atomic mass is 10.0. The monoisotopic (exact) mass is 475 g/mol. The molecule has 0 aliphatic heterocycles. The van der Waals surface area contributed by atoms with Crippen molar-refractivity contribution in [2.75, 3.05) is 5.32 Å². The molecule has 0 saturated carbocycles. The lowest BCUT2D eigenvalue weighted by Gasteiger charge is -2.16. The zero-order chi connectivity index (χ0) is 21.1. The van der Waals surface area contributed by atoms with Crippen LogP contribution in [0.15, 0.2) is 72.8 Å². The number of ether oxygens (including phenoxy) is 1. The average molecular weight is 477 g/mol. The Morgan fingerprint density at radius 1 is 0.733 bits per heavy atom. The van der Waals surface area contributed by atoms with Gasteiger partial charge in [-0.15, -0.1) is 0 Å². The third-order valence-corrected chi connectivity index (χ3v) is 6.11. The maximum atomic E-state index is 6.30. The molecule has 0 spiro atoms. The summed E-state index contributed by atoms with van der Waals surface area (Å²) in [6, 6.07) is 23.1. The Morgan fingerprint density at radius 2 is 1.57 bits per heavy atom. The molecule has 0 saturated heterocycles. The molecule has 0 heterocycles. The van der Waals surface area contributed by atoms with Crippen molar-refractivity contribution in [3.05, 3.63) is 104 Å². The minimum Gasteiger partial charge on any atom is -0.488 e. The fraction of sp³-hybridized carbons (Fsp3) is 0.0833.